The Bertz CT molecular complexity index is 1120. The van der Waals surface area contributed by atoms with Crippen LogP contribution in [-0.4, -0.2) is 55.9 Å². The van der Waals surface area contributed by atoms with Gasteiger partial charge >= 0.3 is 17.6 Å². The minimum Gasteiger partial charge on any atom is -0.512 e. The number of nitrogens with one attached hydrogen (secondary N) is 1. The predicted octanol–water partition coefficient (Wildman–Crippen LogP) is 0.392. The van der Waals surface area contributed by atoms with Crippen molar-refractivity contribution in [2.75, 3.05) is 0 Å². The highest BCUT2D eigenvalue weighted by Gasteiger charge is 2.25. The summed E-state index contributed by atoms with van der Waals surface area (Å²) < 4.78 is 10.1. The summed E-state index contributed by atoms with van der Waals surface area (Å²) in [6, 6.07) is 1.12. The van der Waals surface area contributed by atoms with Crippen molar-refractivity contribution in [1.82, 2.24) is 5.43 Å². The predicted molar refractivity (Wildman–Crippen MR) is 111 cm³/mol. The van der Waals surface area contributed by atoms with Gasteiger partial charge in [-0.15, -0.1) is 0 Å². The van der Waals surface area contributed by atoms with Crippen LogP contribution in [0.15, 0.2) is 43.5 Å². The Kier molecular flexibility index (Phi) is 9.24. The molecule has 0 saturated carbocycles. The Morgan fingerprint density at radius 2 is 1.79 bits per heavy atom. The number of esters is 1. The number of ketones is 1. The Morgan fingerprint density at radius 1 is 1.18 bits per heavy atom. The molecular formula is C20H22N2O11. The number of aliphatic hydroxyl groups is 3. The van der Waals surface area contributed by atoms with Crippen LogP contribution in [0, 0.1) is 6.92 Å². The molecule has 0 aromatic carbocycles. The third kappa shape index (κ3) is 7.74. The van der Waals surface area contributed by atoms with E-state index in [1.807, 2.05) is 5.43 Å². The van der Waals surface area contributed by atoms with Crippen LogP contribution in [0.2, 0.25) is 0 Å². The van der Waals surface area contributed by atoms with Crippen molar-refractivity contribution in [2.45, 2.75) is 40.2 Å². The zero-order chi connectivity index (χ0) is 25.5. The van der Waals surface area contributed by atoms with E-state index in [0.717, 1.165) is 19.9 Å². The Balaban J connectivity index is 3.33. The van der Waals surface area contributed by atoms with Gasteiger partial charge in [0.1, 0.15) is 28.4 Å². The molecule has 0 radical (unpaired) electrons. The number of carboxylic acids is 1. The third-order valence-corrected chi connectivity index (χ3v) is 3.78. The molecule has 0 saturated heterocycles. The Morgan fingerprint density at radius 3 is 2.30 bits per heavy atom. The molecule has 0 aliphatic carbocycles. The summed E-state index contributed by atoms with van der Waals surface area (Å²) >= 11 is 0. The van der Waals surface area contributed by atoms with E-state index >= 15 is 0 Å². The fourth-order valence-electron chi connectivity index (χ4n) is 2.35. The number of hydrogen-bond donors (Lipinski definition) is 5. The number of ether oxygens (including phenoxy) is 1. The van der Waals surface area contributed by atoms with E-state index in [-0.39, 0.29) is 11.5 Å². The molecule has 178 valence electrons. The van der Waals surface area contributed by atoms with Crippen molar-refractivity contribution < 1.29 is 48.8 Å². The minimum absolute atomic E-state index is 0.0164. The number of carboxylic acid groups (broad SMARTS) is 1. The first-order chi connectivity index (χ1) is 15.2. The van der Waals surface area contributed by atoms with Crippen LogP contribution in [0.1, 0.15) is 38.5 Å². The number of aliphatic hydroxyl groups excluding tert-OH is 3. The zero-order valence-electron chi connectivity index (χ0n) is 18.0. The van der Waals surface area contributed by atoms with Crippen molar-refractivity contribution in [3.63, 3.8) is 0 Å². The number of rotatable bonds is 9. The van der Waals surface area contributed by atoms with Gasteiger partial charge in [0.2, 0.25) is 5.91 Å². The molecule has 1 heterocycles. The maximum absolute atomic E-state index is 12.5. The topological polar surface area (TPSA) is 213 Å². The second kappa shape index (κ2) is 11.4. The lowest BCUT2D eigenvalue weighted by molar-refractivity contribution is -0.149. The molecule has 0 aliphatic heterocycles. The number of allylic oxidation sites excluding steroid dienone is 2. The monoisotopic (exact) mass is 466 g/mol. The number of amides is 1. The number of aryl methyl sites for hydroxylation is 1. The summed E-state index contributed by atoms with van der Waals surface area (Å²) in [4.78, 5) is 58.4. The van der Waals surface area contributed by atoms with Crippen LogP contribution in [0.3, 0.4) is 0 Å². The molecule has 0 unspecified atom stereocenters. The number of nitrogens with zero attached hydrogens (tertiary/aromatic N) is 1. The summed E-state index contributed by atoms with van der Waals surface area (Å²) in [6.45, 7) is 4.75. The van der Waals surface area contributed by atoms with Gasteiger partial charge < -0.3 is 29.6 Å². The molecule has 1 aromatic rings. The highest BCUT2D eigenvalue weighted by Crippen LogP contribution is 2.21. The minimum atomic E-state index is -1.97. The molecule has 0 bridgehead atoms. The standard InChI is InChI=1S/C20H22N2O11/c1-8(23)5-12(25)17(11(4)24)20(31)33-14-6-9(2)32-19(30)16(14)10(3)21-22-15(27)7-13(26)18(28)29/h5-6,13,24-26H,7H2,1-4H3,(H,22,27)(H,28,29)/b12-5?,17-11-,21-10-/t13-/m0/s1. The highest BCUT2D eigenvalue weighted by molar-refractivity contribution is 6.03. The van der Waals surface area contributed by atoms with Crippen molar-refractivity contribution in [1.29, 1.82) is 0 Å². The largest absolute Gasteiger partial charge is 0.512 e. The van der Waals surface area contributed by atoms with Gasteiger partial charge in [-0.3, -0.25) is 9.59 Å². The number of hydrogen-bond acceptors (Lipinski definition) is 11. The first kappa shape index (κ1) is 26.8. The average Bonchev–Trinajstić information content (AvgIpc) is 2.64. The molecular weight excluding hydrogens is 444 g/mol. The summed E-state index contributed by atoms with van der Waals surface area (Å²) in [5, 5.41) is 41.1. The van der Waals surface area contributed by atoms with E-state index in [1.54, 1.807) is 0 Å². The van der Waals surface area contributed by atoms with Gasteiger partial charge in [0, 0.05) is 12.1 Å². The van der Waals surface area contributed by atoms with Crippen molar-refractivity contribution >= 4 is 29.3 Å². The van der Waals surface area contributed by atoms with E-state index in [4.69, 9.17) is 14.3 Å². The van der Waals surface area contributed by atoms with E-state index in [9.17, 15) is 39.3 Å². The second-order valence-corrected chi connectivity index (χ2v) is 6.66. The van der Waals surface area contributed by atoms with Gasteiger partial charge in [-0.1, -0.05) is 0 Å². The van der Waals surface area contributed by atoms with Gasteiger partial charge in [-0.2, -0.15) is 5.10 Å². The van der Waals surface area contributed by atoms with Gasteiger partial charge in [0.05, 0.1) is 12.1 Å². The summed E-state index contributed by atoms with van der Waals surface area (Å²) in [7, 11) is 0. The maximum Gasteiger partial charge on any atom is 0.350 e. The molecule has 1 aromatic heterocycles. The van der Waals surface area contributed by atoms with Crippen molar-refractivity contribution in [3.05, 3.63) is 51.0 Å². The number of hydrazone groups is 1. The van der Waals surface area contributed by atoms with Crippen LogP contribution in [0.5, 0.6) is 5.75 Å². The number of aliphatic carboxylic acids is 1. The average molecular weight is 466 g/mol. The van der Waals surface area contributed by atoms with Gasteiger partial charge in [0.25, 0.3) is 0 Å². The fourth-order valence-corrected chi connectivity index (χ4v) is 2.35. The first-order valence-electron chi connectivity index (χ1n) is 9.17. The number of carbonyl (C=O) groups is 4. The van der Waals surface area contributed by atoms with Crippen LogP contribution >= 0.6 is 0 Å². The van der Waals surface area contributed by atoms with Crippen LogP contribution in [-0.2, 0) is 19.2 Å². The lowest BCUT2D eigenvalue weighted by atomic mass is 10.1. The van der Waals surface area contributed by atoms with Gasteiger partial charge in [-0.25, -0.2) is 19.8 Å². The SMILES string of the molecule is CC(=O)C=C(O)/C(C(=O)Oc1cc(C)oc(=O)c1/C(C)=N\NC(=O)C[C@H](O)C(=O)O)=C(\C)O. The molecule has 33 heavy (non-hydrogen) atoms. The van der Waals surface area contributed by atoms with E-state index in [0.29, 0.717) is 6.08 Å². The third-order valence-electron chi connectivity index (χ3n) is 3.78. The quantitative estimate of drug-likeness (QED) is 0.0838. The summed E-state index contributed by atoms with van der Waals surface area (Å²) in [5.41, 5.74) is -0.465. The lowest BCUT2D eigenvalue weighted by Crippen LogP contribution is -2.29. The molecule has 5 N–H and O–H groups in total. The zero-order valence-corrected chi connectivity index (χ0v) is 18.0. The van der Waals surface area contributed by atoms with E-state index in [2.05, 4.69) is 5.10 Å². The van der Waals surface area contributed by atoms with Crippen LogP contribution < -0.4 is 15.8 Å². The second-order valence-electron chi connectivity index (χ2n) is 6.66. The van der Waals surface area contributed by atoms with Crippen LogP contribution in [0.4, 0.5) is 0 Å². The molecule has 0 spiro atoms. The highest BCUT2D eigenvalue weighted by atomic mass is 16.5. The molecule has 1 amide bonds. The van der Waals surface area contributed by atoms with Crippen molar-refractivity contribution in [2.24, 2.45) is 5.10 Å². The van der Waals surface area contributed by atoms with Crippen LogP contribution in [0.25, 0.3) is 0 Å². The van der Waals surface area contributed by atoms with E-state index < -0.39 is 70.2 Å². The lowest BCUT2D eigenvalue weighted by Gasteiger charge is -2.12. The first-order valence-corrected chi connectivity index (χ1v) is 9.17. The normalized spacial score (nSPS) is 13.6. The molecule has 1 rings (SSSR count). The van der Waals surface area contributed by atoms with Gasteiger partial charge in [0.15, 0.2) is 17.6 Å². The number of carbonyl (C=O) groups excluding carboxylic acids is 3. The molecule has 0 fully saturated rings. The Hall–Kier alpha value is -4.26. The van der Waals surface area contributed by atoms with Gasteiger partial charge in [-0.05, 0) is 27.7 Å². The molecule has 1 atom stereocenters. The maximum atomic E-state index is 12.5. The Labute approximate surface area is 186 Å². The summed E-state index contributed by atoms with van der Waals surface area (Å²) in [6.07, 6.45) is -2.11. The summed E-state index contributed by atoms with van der Waals surface area (Å²) in [5.74, 6) is -6.49. The molecule has 13 nitrogen and oxygen atoms in total. The fraction of sp³-hybridized carbons (Fsp3) is 0.300. The van der Waals surface area contributed by atoms with Crippen molar-refractivity contribution in [3.8, 4) is 5.75 Å². The van der Waals surface area contributed by atoms with E-state index in [1.165, 1.54) is 13.8 Å². The molecule has 13 heteroatoms. The molecule has 0 aliphatic rings. The smallest absolute Gasteiger partial charge is 0.350 e.